The molecule has 0 heterocycles. The second-order valence-electron chi connectivity index (χ2n) is 19.8. The van der Waals surface area contributed by atoms with E-state index in [1.165, 1.54) is 193 Å². The topological polar surface area (TPSA) is 78.9 Å². The highest BCUT2D eigenvalue weighted by Crippen LogP contribution is 2.18. The lowest BCUT2D eigenvalue weighted by atomic mass is 10.0. The molecule has 0 aromatic carbocycles. The number of ether oxygens (including phenoxy) is 3. The number of hydrogen-bond donors (Lipinski definition) is 0. The normalized spacial score (nSPS) is 12.0. The van der Waals surface area contributed by atoms with E-state index < -0.39 is 6.10 Å². The van der Waals surface area contributed by atoms with Crippen LogP contribution in [0.15, 0.2) is 0 Å². The lowest BCUT2D eigenvalue weighted by Crippen LogP contribution is -2.30. The molecule has 0 aliphatic heterocycles. The van der Waals surface area contributed by atoms with E-state index in [9.17, 15) is 14.4 Å². The highest BCUT2D eigenvalue weighted by atomic mass is 16.6. The Bertz CT molecular complexity index is 931. The maximum atomic E-state index is 12.8. The van der Waals surface area contributed by atoms with Gasteiger partial charge in [-0.1, -0.05) is 266 Å². The first-order chi connectivity index (χ1) is 29.7. The van der Waals surface area contributed by atoms with E-state index in [2.05, 4.69) is 34.6 Å². The molecule has 6 heteroatoms. The summed E-state index contributed by atoms with van der Waals surface area (Å²) in [6, 6.07) is 0. The van der Waals surface area contributed by atoms with Gasteiger partial charge in [-0.2, -0.15) is 0 Å². The summed E-state index contributed by atoms with van der Waals surface area (Å²) in [7, 11) is 0. The van der Waals surface area contributed by atoms with E-state index >= 15 is 0 Å². The highest BCUT2D eigenvalue weighted by Gasteiger charge is 2.19. The molecular formula is C55H106O6. The van der Waals surface area contributed by atoms with Crippen molar-refractivity contribution in [3.05, 3.63) is 0 Å². The minimum atomic E-state index is -0.762. The van der Waals surface area contributed by atoms with Crippen LogP contribution in [0.3, 0.4) is 0 Å². The number of hydrogen-bond acceptors (Lipinski definition) is 6. The number of carbonyl (C=O) groups excluding carboxylic acids is 3. The van der Waals surface area contributed by atoms with Crippen molar-refractivity contribution in [2.75, 3.05) is 13.2 Å². The highest BCUT2D eigenvalue weighted by molar-refractivity contribution is 5.71. The molecule has 0 saturated carbocycles. The molecule has 362 valence electrons. The molecule has 0 amide bonds. The average molecular weight is 863 g/mol. The molecule has 0 saturated heterocycles. The van der Waals surface area contributed by atoms with Gasteiger partial charge < -0.3 is 14.2 Å². The van der Waals surface area contributed by atoms with Gasteiger partial charge in [0, 0.05) is 19.3 Å². The summed E-state index contributed by atoms with van der Waals surface area (Å²) < 4.78 is 16.8. The van der Waals surface area contributed by atoms with Gasteiger partial charge in [-0.3, -0.25) is 14.4 Å². The maximum Gasteiger partial charge on any atom is 0.306 e. The summed E-state index contributed by atoms with van der Waals surface area (Å²) in [5.74, 6) is 0.782. The Balaban J connectivity index is 4.28. The molecule has 0 unspecified atom stereocenters. The van der Waals surface area contributed by atoms with Crippen LogP contribution in [0.2, 0.25) is 0 Å². The van der Waals surface area contributed by atoms with Gasteiger partial charge in [-0.05, 0) is 31.1 Å². The van der Waals surface area contributed by atoms with E-state index in [1.54, 1.807) is 0 Å². The van der Waals surface area contributed by atoms with Crippen LogP contribution in [0.1, 0.15) is 304 Å². The monoisotopic (exact) mass is 863 g/mol. The maximum absolute atomic E-state index is 12.8. The summed E-state index contributed by atoms with van der Waals surface area (Å²) in [6.07, 6.45) is 49.5. The largest absolute Gasteiger partial charge is 0.462 e. The molecule has 0 aromatic heterocycles. The average Bonchev–Trinajstić information content (AvgIpc) is 3.23. The predicted octanol–water partition coefficient (Wildman–Crippen LogP) is 17.7. The van der Waals surface area contributed by atoms with Gasteiger partial charge in [0.2, 0.25) is 0 Å². The van der Waals surface area contributed by atoms with Crippen molar-refractivity contribution in [3.63, 3.8) is 0 Å². The fraction of sp³-hybridized carbons (Fsp3) is 0.945. The molecule has 0 aliphatic carbocycles. The van der Waals surface area contributed by atoms with Crippen molar-refractivity contribution in [2.24, 2.45) is 11.8 Å². The van der Waals surface area contributed by atoms with Crippen LogP contribution in [-0.2, 0) is 28.6 Å². The second kappa shape index (κ2) is 47.9. The van der Waals surface area contributed by atoms with Crippen molar-refractivity contribution in [1.82, 2.24) is 0 Å². The summed E-state index contributed by atoms with van der Waals surface area (Å²) in [4.78, 5) is 38.0. The molecule has 0 spiro atoms. The van der Waals surface area contributed by atoms with E-state index in [1.807, 2.05) is 0 Å². The molecule has 0 aliphatic rings. The molecular weight excluding hydrogens is 757 g/mol. The Kier molecular flexibility index (Phi) is 46.6. The van der Waals surface area contributed by atoms with Gasteiger partial charge in [-0.25, -0.2) is 0 Å². The van der Waals surface area contributed by atoms with Gasteiger partial charge in [0.15, 0.2) is 6.10 Å². The number of carbonyl (C=O) groups is 3. The molecule has 0 bridgehead atoms. The smallest absolute Gasteiger partial charge is 0.306 e. The first kappa shape index (κ1) is 59.4. The fourth-order valence-corrected chi connectivity index (χ4v) is 8.34. The molecule has 0 N–H and O–H groups in total. The first-order valence-electron chi connectivity index (χ1n) is 27.2. The third-order valence-corrected chi connectivity index (χ3v) is 12.5. The summed E-state index contributed by atoms with van der Waals surface area (Å²) in [5, 5.41) is 0. The van der Waals surface area contributed by atoms with Crippen LogP contribution in [0.4, 0.5) is 0 Å². The molecule has 0 fully saturated rings. The fourth-order valence-electron chi connectivity index (χ4n) is 8.34. The zero-order valence-corrected chi connectivity index (χ0v) is 41.8. The minimum Gasteiger partial charge on any atom is -0.462 e. The van der Waals surface area contributed by atoms with Crippen LogP contribution in [0, 0.1) is 11.8 Å². The van der Waals surface area contributed by atoms with Crippen LogP contribution >= 0.6 is 0 Å². The summed E-state index contributed by atoms with van der Waals surface area (Å²) in [5.41, 5.74) is 0. The van der Waals surface area contributed by atoms with E-state index in [0.717, 1.165) is 69.6 Å². The van der Waals surface area contributed by atoms with E-state index in [-0.39, 0.29) is 31.1 Å². The summed E-state index contributed by atoms with van der Waals surface area (Å²) >= 11 is 0. The van der Waals surface area contributed by atoms with Gasteiger partial charge in [0.05, 0.1) is 0 Å². The standard InChI is InChI=1S/C55H106O6/c1-6-7-8-9-10-11-12-13-14-15-16-17-21-24-30-35-40-45-53(56)59-48-52(49-60-54(57)46-41-36-31-27-26-29-34-39-44-51(4)5)61-55(58)47-42-37-32-25-22-19-18-20-23-28-33-38-43-50(2)3/h50-52H,6-49H2,1-5H3/t52-/m0/s1. The number of rotatable bonds is 49. The SMILES string of the molecule is CCCCCCCCCCCCCCCCCCCC(=O)OC[C@@H](COC(=O)CCCCCCCCCCC(C)C)OC(=O)CCCCCCCCCCCCCCC(C)C. The third kappa shape index (κ3) is 49.3. The van der Waals surface area contributed by atoms with Gasteiger partial charge in [-0.15, -0.1) is 0 Å². The van der Waals surface area contributed by atoms with Crippen LogP contribution in [-0.4, -0.2) is 37.2 Å². The van der Waals surface area contributed by atoms with Crippen LogP contribution in [0.5, 0.6) is 0 Å². The molecule has 0 rings (SSSR count). The second-order valence-corrected chi connectivity index (χ2v) is 19.8. The Labute approximate surface area is 380 Å². The van der Waals surface area contributed by atoms with Gasteiger partial charge in [0.1, 0.15) is 13.2 Å². The van der Waals surface area contributed by atoms with Crippen molar-refractivity contribution in [2.45, 2.75) is 310 Å². The van der Waals surface area contributed by atoms with Gasteiger partial charge in [0.25, 0.3) is 0 Å². The number of esters is 3. The Morgan fingerprint density at radius 3 is 0.803 bits per heavy atom. The zero-order chi connectivity index (χ0) is 44.7. The molecule has 0 aromatic rings. The van der Waals surface area contributed by atoms with E-state index in [4.69, 9.17) is 14.2 Å². The number of unbranched alkanes of at least 4 members (excludes halogenated alkanes) is 34. The zero-order valence-electron chi connectivity index (χ0n) is 41.8. The van der Waals surface area contributed by atoms with E-state index in [0.29, 0.717) is 19.3 Å². The lowest BCUT2D eigenvalue weighted by Gasteiger charge is -2.18. The van der Waals surface area contributed by atoms with Crippen molar-refractivity contribution >= 4 is 17.9 Å². The Morgan fingerprint density at radius 1 is 0.311 bits per heavy atom. The molecule has 0 radical (unpaired) electrons. The van der Waals surface area contributed by atoms with Crippen molar-refractivity contribution < 1.29 is 28.6 Å². The van der Waals surface area contributed by atoms with Crippen LogP contribution < -0.4 is 0 Å². The quantitative estimate of drug-likeness (QED) is 0.0344. The van der Waals surface area contributed by atoms with Crippen molar-refractivity contribution in [3.8, 4) is 0 Å². The molecule has 1 atom stereocenters. The summed E-state index contributed by atoms with van der Waals surface area (Å²) in [6.45, 7) is 11.4. The Morgan fingerprint density at radius 2 is 0.541 bits per heavy atom. The first-order valence-corrected chi connectivity index (χ1v) is 27.2. The molecule has 61 heavy (non-hydrogen) atoms. The van der Waals surface area contributed by atoms with Crippen molar-refractivity contribution in [1.29, 1.82) is 0 Å². The van der Waals surface area contributed by atoms with Crippen LogP contribution in [0.25, 0.3) is 0 Å². The Hall–Kier alpha value is -1.59. The third-order valence-electron chi connectivity index (χ3n) is 12.5. The predicted molar refractivity (Wildman–Crippen MR) is 261 cm³/mol. The minimum absolute atomic E-state index is 0.0636. The lowest BCUT2D eigenvalue weighted by molar-refractivity contribution is -0.167. The van der Waals surface area contributed by atoms with Gasteiger partial charge >= 0.3 is 17.9 Å². The molecule has 6 nitrogen and oxygen atoms in total.